The second kappa shape index (κ2) is 5.77. The number of halogens is 2. The van der Waals surface area contributed by atoms with Gasteiger partial charge in [-0.05, 0) is 19.1 Å². The van der Waals surface area contributed by atoms with Gasteiger partial charge < -0.3 is 11.1 Å². The summed E-state index contributed by atoms with van der Waals surface area (Å²) in [4.78, 5) is 16.3. The standard InChI is InChI=1S/C12H11Cl2N3OS/c1-6-5-19-10(17-6)4-16-12(18)8-2-7(15)3-9(13)11(8)14/h2-3,5H,4,15H2,1H3,(H,16,18). The van der Waals surface area contributed by atoms with Gasteiger partial charge in [-0.1, -0.05) is 23.2 Å². The van der Waals surface area contributed by atoms with E-state index in [-0.39, 0.29) is 21.5 Å². The molecule has 0 spiro atoms. The maximum absolute atomic E-state index is 12.0. The van der Waals surface area contributed by atoms with E-state index in [2.05, 4.69) is 10.3 Å². The molecule has 7 heteroatoms. The predicted octanol–water partition coefficient (Wildman–Crippen LogP) is 3.27. The fourth-order valence-electron chi connectivity index (χ4n) is 1.51. The maximum Gasteiger partial charge on any atom is 0.253 e. The number of aromatic nitrogens is 1. The van der Waals surface area contributed by atoms with Crippen LogP contribution in [0.2, 0.25) is 10.0 Å². The summed E-state index contributed by atoms with van der Waals surface area (Å²) in [5.41, 5.74) is 7.23. The maximum atomic E-state index is 12.0. The number of rotatable bonds is 3. The SMILES string of the molecule is Cc1csc(CNC(=O)c2cc(N)cc(Cl)c2Cl)n1. The summed E-state index contributed by atoms with van der Waals surface area (Å²) < 4.78 is 0. The van der Waals surface area contributed by atoms with E-state index in [9.17, 15) is 4.79 Å². The van der Waals surface area contributed by atoms with Gasteiger partial charge in [0.05, 0.1) is 22.2 Å². The normalized spacial score (nSPS) is 10.5. The summed E-state index contributed by atoms with van der Waals surface area (Å²) in [5.74, 6) is -0.327. The molecule has 0 radical (unpaired) electrons. The summed E-state index contributed by atoms with van der Waals surface area (Å²) >= 11 is 13.4. The molecule has 2 rings (SSSR count). The minimum atomic E-state index is -0.327. The minimum absolute atomic E-state index is 0.198. The van der Waals surface area contributed by atoms with Gasteiger partial charge in [-0.15, -0.1) is 11.3 Å². The topological polar surface area (TPSA) is 68.0 Å². The van der Waals surface area contributed by atoms with E-state index in [4.69, 9.17) is 28.9 Å². The van der Waals surface area contributed by atoms with Crippen LogP contribution in [0.4, 0.5) is 5.69 Å². The molecule has 1 aromatic carbocycles. The molecule has 0 aliphatic carbocycles. The van der Waals surface area contributed by atoms with E-state index < -0.39 is 0 Å². The van der Waals surface area contributed by atoms with Crippen molar-refractivity contribution >= 4 is 46.1 Å². The molecule has 1 amide bonds. The Morgan fingerprint density at radius 1 is 1.47 bits per heavy atom. The third-order valence-corrected chi connectivity index (χ3v) is 4.13. The summed E-state index contributed by atoms with van der Waals surface area (Å²) in [6, 6.07) is 3.00. The fraction of sp³-hybridized carbons (Fsp3) is 0.167. The Morgan fingerprint density at radius 3 is 2.84 bits per heavy atom. The first-order valence-electron chi connectivity index (χ1n) is 5.41. The van der Waals surface area contributed by atoms with Gasteiger partial charge in [-0.3, -0.25) is 4.79 Å². The van der Waals surface area contributed by atoms with Gasteiger partial charge in [0.2, 0.25) is 0 Å². The van der Waals surface area contributed by atoms with E-state index in [0.29, 0.717) is 12.2 Å². The number of benzene rings is 1. The number of carbonyl (C=O) groups excluding carboxylic acids is 1. The number of aryl methyl sites for hydroxylation is 1. The van der Waals surface area contributed by atoms with Crippen LogP contribution in [-0.4, -0.2) is 10.9 Å². The Bertz CT molecular complexity index is 627. The minimum Gasteiger partial charge on any atom is -0.399 e. The van der Waals surface area contributed by atoms with Crippen molar-refractivity contribution in [3.63, 3.8) is 0 Å². The zero-order valence-electron chi connectivity index (χ0n) is 10.0. The molecule has 4 nitrogen and oxygen atoms in total. The van der Waals surface area contributed by atoms with E-state index in [1.54, 1.807) is 0 Å². The van der Waals surface area contributed by atoms with Gasteiger partial charge >= 0.3 is 0 Å². The van der Waals surface area contributed by atoms with Crippen molar-refractivity contribution in [1.29, 1.82) is 0 Å². The molecule has 0 bridgehead atoms. The molecule has 3 N–H and O–H groups in total. The van der Waals surface area contributed by atoms with Crippen molar-refractivity contribution in [1.82, 2.24) is 10.3 Å². The van der Waals surface area contributed by atoms with Crippen molar-refractivity contribution in [2.45, 2.75) is 13.5 Å². The van der Waals surface area contributed by atoms with Crippen LogP contribution in [0.1, 0.15) is 21.1 Å². The van der Waals surface area contributed by atoms with E-state index in [0.717, 1.165) is 10.7 Å². The lowest BCUT2D eigenvalue weighted by Gasteiger charge is -2.07. The van der Waals surface area contributed by atoms with Crippen LogP contribution in [0, 0.1) is 6.92 Å². The van der Waals surface area contributed by atoms with Crippen LogP contribution in [0.15, 0.2) is 17.5 Å². The highest BCUT2D eigenvalue weighted by molar-refractivity contribution is 7.09. The number of thiazole rings is 1. The third kappa shape index (κ3) is 3.37. The number of hydrogen-bond acceptors (Lipinski definition) is 4. The van der Waals surface area contributed by atoms with Crippen LogP contribution in [-0.2, 0) is 6.54 Å². The summed E-state index contributed by atoms with van der Waals surface area (Å²) in [6.45, 7) is 2.25. The number of nitrogens with zero attached hydrogens (tertiary/aromatic N) is 1. The number of carbonyl (C=O) groups is 1. The van der Waals surface area contributed by atoms with Crippen molar-refractivity contribution < 1.29 is 4.79 Å². The average Bonchev–Trinajstić information content (AvgIpc) is 2.76. The number of anilines is 1. The van der Waals surface area contributed by atoms with Crippen LogP contribution >= 0.6 is 34.5 Å². The largest absolute Gasteiger partial charge is 0.399 e. The summed E-state index contributed by atoms with van der Waals surface area (Å²) in [5, 5.41) is 5.95. The Kier molecular flexibility index (Phi) is 4.29. The molecule has 1 heterocycles. The predicted molar refractivity (Wildman–Crippen MR) is 78.9 cm³/mol. The molecular weight excluding hydrogens is 305 g/mol. The highest BCUT2D eigenvalue weighted by atomic mass is 35.5. The number of nitrogen functional groups attached to an aromatic ring is 1. The summed E-state index contributed by atoms with van der Waals surface area (Å²) in [7, 11) is 0. The smallest absolute Gasteiger partial charge is 0.253 e. The second-order valence-corrected chi connectivity index (χ2v) is 5.66. The molecule has 0 saturated carbocycles. The molecule has 1 aromatic heterocycles. The number of nitrogens with two attached hydrogens (primary N) is 1. The second-order valence-electron chi connectivity index (χ2n) is 3.93. The Labute approximate surface area is 124 Å². The zero-order valence-corrected chi connectivity index (χ0v) is 12.4. The lowest BCUT2D eigenvalue weighted by molar-refractivity contribution is 0.0951. The van der Waals surface area contributed by atoms with Crippen molar-refractivity contribution in [2.75, 3.05) is 5.73 Å². The van der Waals surface area contributed by atoms with Crippen LogP contribution in [0.5, 0.6) is 0 Å². The molecule has 0 unspecified atom stereocenters. The molecule has 0 atom stereocenters. The lowest BCUT2D eigenvalue weighted by atomic mass is 10.2. The lowest BCUT2D eigenvalue weighted by Crippen LogP contribution is -2.23. The molecule has 19 heavy (non-hydrogen) atoms. The van der Waals surface area contributed by atoms with Crippen LogP contribution in [0.3, 0.4) is 0 Å². The first-order valence-corrected chi connectivity index (χ1v) is 7.04. The monoisotopic (exact) mass is 315 g/mol. The first-order chi connectivity index (χ1) is 8.97. The number of amides is 1. The van der Waals surface area contributed by atoms with Gasteiger partial charge in [-0.25, -0.2) is 4.98 Å². The third-order valence-electron chi connectivity index (χ3n) is 2.36. The van der Waals surface area contributed by atoms with Gasteiger partial charge in [0.25, 0.3) is 5.91 Å². The molecule has 2 aromatic rings. The van der Waals surface area contributed by atoms with E-state index in [1.165, 1.54) is 23.5 Å². The Balaban J connectivity index is 2.12. The zero-order chi connectivity index (χ0) is 14.0. The quantitative estimate of drug-likeness (QED) is 0.854. The summed E-state index contributed by atoms with van der Waals surface area (Å²) in [6.07, 6.45) is 0. The fourth-order valence-corrected chi connectivity index (χ4v) is 2.64. The molecule has 0 saturated heterocycles. The Hall–Kier alpha value is -1.30. The highest BCUT2D eigenvalue weighted by Gasteiger charge is 2.14. The molecule has 100 valence electrons. The molecule has 0 fully saturated rings. The van der Waals surface area contributed by atoms with Crippen molar-refractivity contribution in [3.05, 3.63) is 43.8 Å². The molecule has 0 aliphatic heterocycles. The highest BCUT2D eigenvalue weighted by Crippen LogP contribution is 2.28. The number of hydrogen-bond donors (Lipinski definition) is 2. The van der Waals surface area contributed by atoms with Gasteiger partial charge in [-0.2, -0.15) is 0 Å². The van der Waals surface area contributed by atoms with Gasteiger partial charge in [0.15, 0.2) is 0 Å². The van der Waals surface area contributed by atoms with E-state index in [1.807, 2.05) is 12.3 Å². The molecule has 0 aliphatic rings. The van der Waals surface area contributed by atoms with Crippen LogP contribution < -0.4 is 11.1 Å². The van der Waals surface area contributed by atoms with Crippen LogP contribution in [0.25, 0.3) is 0 Å². The van der Waals surface area contributed by atoms with Gasteiger partial charge in [0.1, 0.15) is 5.01 Å². The number of nitrogens with one attached hydrogen (secondary N) is 1. The molecular formula is C12H11Cl2N3OS. The Morgan fingerprint density at radius 2 is 2.21 bits per heavy atom. The van der Waals surface area contributed by atoms with E-state index >= 15 is 0 Å². The van der Waals surface area contributed by atoms with Gasteiger partial charge in [0, 0.05) is 16.8 Å². The average molecular weight is 316 g/mol. The van der Waals surface area contributed by atoms with Crippen molar-refractivity contribution in [2.24, 2.45) is 0 Å². The van der Waals surface area contributed by atoms with Crippen molar-refractivity contribution in [3.8, 4) is 0 Å². The first kappa shape index (κ1) is 14.1.